The highest BCUT2D eigenvalue weighted by Crippen LogP contribution is 2.55. The van der Waals surface area contributed by atoms with E-state index >= 15 is 4.39 Å². The molecule has 2 atom stereocenters. The Kier molecular flexibility index (Phi) is 7.63. The lowest BCUT2D eigenvalue weighted by Crippen LogP contribution is -2.33. The molecular formula is C37H33FN2O6S. The number of ether oxygens (including phenoxy) is 1. The lowest BCUT2D eigenvalue weighted by atomic mass is 9.71. The molecule has 0 amide bonds. The summed E-state index contributed by atoms with van der Waals surface area (Å²) < 4.78 is 57.3. The van der Waals surface area contributed by atoms with Crippen molar-refractivity contribution in [3.05, 3.63) is 130 Å². The Morgan fingerprint density at radius 1 is 0.979 bits per heavy atom. The first-order valence-electron chi connectivity index (χ1n) is 15.4. The lowest BCUT2D eigenvalue weighted by Gasteiger charge is -2.35. The summed E-state index contributed by atoms with van der Waals surface area (Å²) in [6.07, 6.45) is 0.534. The summed E-state index contributed by atoms with van der Waals surface area (Å²) in [6.45, 7) is 4.11. The number of carbonyl (C=O) groups excluding carboxylic acids is 1. The second-order valence-corrected chi connectivity index (χ2v) is 15.1. The molecule has 4 aromatic carbocycles. The predicted octanol–water partition coefficient (Wildman–Crippen LogP) is 7.76. The number of rotatable bonds is 7. The number of halogens is 1. The number of fused-ring (bicyclic) bond motifs is 2. The number of hydrogen-bond acceptors (Lipinski definition) is 8. The van der Waals surface area contributed by atoms with Crippen LogP contribution in [0.3, 0.4) is 0 Å². The first-order chi connectivity index (χ1) is 22.5. The van der Waals surface area contributed by atoms with E-state index in [4.69, 9.17) is 9.26 Å². The molecule has 1 aliphatic heterocycles. The van der Waals surface area contributed by atoms with Crippen LogP contribution in [0.1, 0.15) is 60.2 Å². The van der Waals surface area contributed by atoms with Gasteiger partial charge in [0, 0.05) is 35.1 Å². The van der Waals surface area contributed by atoms with E-state index in [-0.39, 0.29) is 58.4 Å². The first kappa shape index (κ1) is 30.7. The van der Waals surface area contributed by atoms with Crippen molar-refractivity contribution in [1.29, 1.82) is 0 Å². The number of aromatic nitrogens is 1. The zero-order valence-corrected chi connectivity index (χ0v) is 26.7. The van der Waals surface area contributed by atoms with E-state index in [0.29, 0.717) is 23.1 Å². The summed E-state index contributed by atoms with van der Waals surface area (Å²) in [5.41, 5.74) is 2.18. The quantitative estimate of drug-likeness (QED) is 0.171. The average molecular weight is 653 g/mol. The summed E-state index contributed by atoms with van der Waals surface area (Å²) in [6, 6.07) is 25.3. The van der Waals surface area contributed by atoms with Crippen molar-refractivity contribution in [3.8, 4) is 11.5 Å². The Hall–Kier alpha value is -4.96. The lowest BCUT2D eigenvalue weighted by molar-refractivity contribution is -0.118. The summed E-state index contributed by atoms with van der Waals surface area (Å²) in [4.78, 5) is 14.1. The van der Waals surface area contributed by atoms with Gasteiger partial charge >= 0.3 is 0 Å². The molecule has 0 bridgehead atoms. The topological polar surface area (TPSA) is 119 Å². The SMILES string of the molecule is CC1(C)CC(=O)C2=C(C1)Nc1c(O)cccc1C(S(=O)(=O)Cc1noc3ccccc13)C2c1ccc(OCc2ccccc2)cc1F. The predicted molar refractivity (Wildman–Crippen MR) is 176 cm³/mol. The number of nitrogens with one attached hydrogen (secondary N) is 1. The highest BCUT2D eigenvalue weighted by Gasteiger charge is 2.48. The molecule has 2 unspecified atom stereocenters. The Balaban J connectivity index is 1.40. The fourth-order valence-corrected chi connectivity index (χ4v) is 8.90. The van der Waals surface area contributed by atoms with Crippen LogP contribution in [0.4, 0.5) is 10.1 Å². The van der Waals surface area contributed by atoms with E-state index in [1.165, 1.54) is 18.2 Å². The van der Waals surface area contributed by atoms with Crippen LogP contribution in [-0.4, -0.2) is 24.5 Å². The normalized spacial score (nSPS) is 19.1. The van der Waals surface area contributed by atoms with Gasteiger partial charge in [-0.2, -0.15) is 0 Å². The fraction of sp³-hybridized carbons (Fsp3) is 0.243. The van der Waals surface area contributed by atoms with Crippen molar-refractivity contribution in [2.45, 2.75) is 50.2 Å². The van der Waals surface area contributed by atoms with E-state index in [0.717, 1.165) is 5.56 Å². The minimum Gasteiger partial charge on any atom is -0.506 e. The first-order valence-corrected chi connectivity index (χ1v) is 17.1. The van der Waals surface area contributed by atoms with Crippen LogP contribution in [0.15, 0.2) is 107 Å². The molecule has 240 valence electrons. The summed E-state index contributed by atoms with van der Waals surface area (Å²) in [5.74, 6) is -2.68. The van der Waals surface area contributed by atoms with Crippen LogP contribution in [0, 0.1) is 11.2 Å². The Morgan fingerprint density at radius 3 is 2.53 bits per heavy atom. The van der Waals surface area contributed by atoms with Gasteiger partial charge in [-0.1, -0.05) is 79.7 Å². The summed E-state index contributed by atoms with van der Waals surface area (Å²) in [7, 11) is -4.28. The van der Waals surface area contributed by atoms with Gasteiger partial charge < -0.3 is 19.7 Å². The van der Waals surface area contributed by atoms with Crippen molar-refractivity contribution in [1.82, 2.24) is 5.16 Å². The maximum absolute atomic E-state index is 16.4. The van der Waals surface area contributed by atoms with Crippen LogP contribution in [-0.2, 0) is 27.0 Å². The molecule has 0 spiro atoms. The Bertz CT molecular complexity index is 2160. The van der Waals surface area contributed by atoms with Gasteiger partial charge in [-0.3, -0.25) is 4.79 Å². The molecular weight excluding hydrogens is 619 g/mol. The molecule has 8 nitrogen and oxygen atoms in total. The molecule has 5 aromatic rings. The van der Waals surface area contributed by atoms with Gasteiger partial charge in [0.15, 0.2) is 21.2 Å². The maximum atomic E-state index is 16.4. The van der Waals surface area contributed by atoms with Crippen molar-refractivity contribution < 1.29 is 32.0 Å². The zero-order valence-electron chi connectivity index (χ0n) is 25.9. The largest absolute Gasteiger partial charge is 0.506 e. The number of benzene rings is 4. The summed E-state index contributed by atoms with van der Waals surface area (Å²) >= 11 is 0. The van der Waals surface area contributed by atoms with Crippen LogP contribution in [0.2, 0.25) is 0 Å². The monoisotopic (exact) mass is 652 g/mol. The fourth-order valence-electron chi connectivity index (χ4n) is 6.85. The van der Waals surface area contributed by atoms with Crippen molar-refractivity contribution in [3.63, 3.8) is 0 Å². The van der Waals surface area contributed by atoms with Gasteiger partial charge in [0.2, 0.25) is 0 Å². The van der Waals surface area contributed by atoms with Crippen molar-refractivity contribution in [2.75, 3.05) is 5.32 Å². The van der Waals surface area contributed by atoms with Gasteiger partial charge in [0.1, 0.15) is 29.6 Å². The summed E-state index contributed by atoms with van der Waals surface area (Å²) in [5, 5.41) is 17.5. The van der Waals surface area contributed by atoms with E-state index < -0.39 is 38.0 Å². The minimum atomic E-state index is -4.28. The minimum absolute atomic E-state index is 0.0363. The molecule has 1 aromatic heterocycles. The maximum Gasteiger partial charge on any atom is 0.167 e. The number of aromatic hydroxyl groups is 1. The van der Waals surface area contributed by atoms with Crippen LogP contribution < -0.4 is 10.1 Å². The molecule has 0 radical (unpaired) electrons. The molecule has 2 heterocycles. The molecule has 0 fully saturated rings. The molecule has 47 heavy (non-hydrogen) atoms. The molecule has 0 saturated heterocycles. The average Bonchev–Trinajstić information content (AvgIpc) is 3.35. The molecule has 2 N–H and O–H groups in total. The van der Waals surface area contributed by atoms with Crippen molar-refractivity contribution >= 4 is 32.3 Å². The number of carbonyl (C=O) groups is 1. The smallest absolute Gasteiger partial charge is 0.167 e. The second-order valence-electron chi connectivity index (χ2n) is 13.0. The van der Waals surface area contributed by atoms with Crippen molar-refractivity contribution in [2.24, 2.45) is 5.41 Å². The Morgan fingerprint density at radius 2 is 1.74 bits per heavy atom. The van der Waals surface area contributed by atoms with Gasteiger partial charge in [0.05, 0.1) is 16.7 Å². The third-order valence-corrected chi connectivity index (χ3v) is 10.9. The molecule has 0 saturated carbocycles. The van der Waals surface area contributed by atoms with Gasteiger partial charge in [-0.25, -0.2) is 12.8 Å². The number of nitrogens with zero attached hydrogens (tertiary/aromatic N) is 1. The van der Waals surface area contributed by atoms with Gasteiger partial charge in [-0.05, 0) is 52.8 Å². The van der Waals surface area contributed by atoms with Crippen LogP contribution in [0.25, 0.3) is 11.0 Å². The van der Waals surface area contributed by atoms with Crippen LogP contribution >= 0.6 is 0 Å². The number of allylic oxidation sites excluding steroid dienone is 2. The van der Waals surface area contributed by atoms with Gasteiger partial charge in [0.25, 0.3) is 0 Å². The second kappa shape index (κ2) is 11.7. The zero-order chi connectivity index (χ0) is 32.9. The van der Waals surface area contributed by atoms with E-state index in [1.54, 1.807) is 42.5 Å². The number of hydrogen-bond donors (Lipinski definition) is 2. The number of para-hydroxylation sites is 2. The molecule has 10 heteroatoms. The number of ketones is 1. The number of phenolic OH excluding ortho intramolecular Hbond substituents is 1. The number of anilines is 1. The molecule has 7 rings (SSSR count). The number of phenols is 1. The number of Topliss-reactive ketones (excluding diaryl/α,β-unsaturated/α-hetero) is 1. The van der Waals surface area contributed by atoms with E-state index in [9.17, 15) is 18.3 Å². The standard InChI is InChI=1S/C37H33FN2O6S/c1-37(2)18-28-34(31(42)19-37)33(24-16-15-23(17-27(24)38)45-20-22-9-4-3-5-10-22)36(26-12-8-13-30(41)35(26)39-28)47(43,44)21-29-25-11-6-7-14-32(25)46-40-29/h3-17,33,36,39,41H,18-21H2,1-2H3. The molecule has 1 aliphatic carbocycles. The number of sulfone groups is 1. The third-order valence-electron chi connectivity index (χ3n) is 8.92. The third kappa shape index (κ3) is 5.78. The highest BCUT2D eigenvalue weighted by atomic mass is 32.2. The Labute approximate surface area is 271 Å². The van der Waals surface area contributed by atoms with Crippen LogP contribution in [0.5, 0.6) is 11.5 Å². The molecule has 2 aliphatic rings. The highest BCUT2D eigenvalue weighted by molar-refractivity contribution is 7.91. The van der Waals surface area contributed by atoms with E-state index in [1.807, 2.05) is 44.2 Å². The van der Waals surface area contributed by atoms with E-state index in [2.05, 4.69) is 10.5 Å². The van der Waals surface area contributed by atoms with Gasteiger partial charge in [-0.15, -0.1) is 0 Å².